The smallest absolute Gasteiger partial charge is 0.244 e. The number of carbonyl (C=O) groups is 3. The largest absolute Gasteiger partial charge is 0.494 e. The first-order chi connectivity index (χ1) is 18.3. The van der Waals surface area contributed by atoms with Crippen molar-refractivity contribution in [3.8, 4) is 5.75 Å². The summed E-state index contributed by atoms with van der Waals surface area (Å²) in [5.74, 6) is -0.742. The number of nitrogens with zero attached hydrogens (tertiary/aromatic N) is 1. The number of rotatable bonds is 9. The number of hydrogen-bond donors (Lipinski definition) is 3. The van der Waals surface area contributed by atoms with Crippen LogP contribution in [0, 0.1) is 17.8 Å². The molecule has 3 heterocycles. The number of ether oxygens (including phenoxy) is 1. The van der Waals surface area contributed by atoms with Crippen LogP contribution in [0.3, 0.4) is 0 Å². The number of aliphatic hydroxyl groups excluding tert-OH is 1. The van der Waals surface area contributed by atoms with Gasteiger partial charge < -0.3 is 25.4 Å². The zero-order chi connectivity index (χ0) is 27.0. The Balaban J connectivity index is 1.45. The highest BCUT2D eigenvalue weighted by Gasteiger charge is 2.76. The molecule has 9 heteroatoms. The predicted octanol–water partition coefficient (Wildman–Crippen LogP) is 3.58. The van der Waals surface area contributed by atoms with Crippen molar-refractivity contribution in [2.75, 3.05) is 18.5 Å². The molecule has 1 aromatic carbocycles. The fourth-order valence-corrected chi connectivity index (χ4v) is 9.83. The molecule has 5 rings (SSSR count). The minimum absolute atomic E-state index is 0.0250. The Hall–Kier alpha value is -2.26. The summed E-state index contributed by atoms with van der Waals surface area (Å²) in [5, 5.41) is 16.5. The molecule has 208 valence electrons. The monoisotopic (exact) mass is 543 g/mol. The average molecular weight is 544 g/mol. The van der Waals surface area contributed by atoms with Crippen LogP contribution >= 0.6 is 11.8 Å². The van der Waals surface area contributed by atoms with Gasteiger partial charge in [-0.1, -0.05) is 33.1 Å². The number of aliphatic hydroxyl groups is 1. The van der Waals surface area contributed by atoms with Crippen LogP contribution in [0.25, 0.3) is 0 Å². The van der Waals surface area contributed by atoms with Crippen molar-refractivity contribution in [3.05, 3.63) is 24.3 Å². The Bertz CT molecular complexity index is 1040. The molecule has 4 aliphatic rings. The van der Waals surface area contributed by atoms with Crippen LogP contribution in [0.2, 0.25) is 0 Å². The summed E-state index contributed by atoms with van der Waals surface area (Å²) >= 11 is 1.67. The normalized spacial score (nSPS) is 33.2. The van der Waals surface area contributed by atoms with Gasteiger partial charge in [0.1, 0.15) is 11.8 Å². The molecule has 8 nitrogen and oxygen atoms in total. The quantitative estimate of drug-likeness (QED) is 0.440. The summed E-state index contributed by atoms with van der Waals surface area (Å²) in [6.45, 7) is 6.33. The fourth-order valence-electron chi connectivity index (χ4n) is 7.42. The van der Waals surface area contributed by atoms with E-state index in [4.69, 9.17) is 4.74 Å². The van der Waals surface area contributed by atoms with E-state index in [0.717, 1.165) is 37.9 Å². The number of benzene rings is 1. The predicted molar refractivity (Wildman–Crippen MR) is 148 cm³/mol. The number of fused-ring (bicyclic) bond motifs is 1. The zero-order valence-electron chi connectivity index (χ0n) is 22.7. The molecule has 4 fully saturated rings. The van der Waals surface area contributed by atoms with Gasteiger partial charge in [0.05, 0.1) is 35.8 Å². The molecule has 3 saturated heterocycles. The van der Waals surface area contributed by atoms with E-state index in [1.54, 1.807) is 16.7 Å². The molecule has 7 atom stereocenters. The maximum absolute atomic E-state index is 14.2. The second-order valence-corrected chi connectivity index (χ2v) is 12.9. The highest BCUT2D eigenvalue weighted by molar-refractivity contribution is 8.02. The van der Waals surface area contributed by atoms with Crippen LogP contribution in [-0.2, 0) is 14.4 Å². The van der Waals surface area contributed by atoms with E-state index in [9.17, 15) is 19.5 Å². The van der Waals surface area contributed by atoms with E-state index < -0.39 is 28.7 Å². The van der Waals surface area contributed by atoms with Gasteiger partial charge in [-0.3, -0.25) is 14.4 Å². The Morgan fingerprint density at radius 3 is 2.50 bits per heavy atom. The zero-order valence-corrected chi connectivity index (χ0v) is 23.5. The van der Waals surface area contributed by atoms with Crippen molar-refractivity contribution >= 4 is 35.2 Å². The minimum atomic E-state index is -0.688. The van der Waals surface area contributed by atoms with Gasteiger partial charge in [0.2, 0.25) is 17.7 Å². The number of likely N-dealkylation sites (tertiary alicyclic amines) is 1. The standard InChI is InChI=1S/C29H41N3O5S/c1-4-20(16-33)32-25(27(35)31-18-9-7-6-8-10-18)29-17(3)15-22(38-29)23(24(29)28(32)36)26(34)30-19-11-13-21(14-12-19)37-5-2/h11-14,17-18,20,22-25,33H,4-10,15-16H2,1-3H3,(H,30,34)(H,31,35)/t17?,20-,22-,23+,24-,25?,29?/m0/s1. The third-order valence-electron chi connectivity index (χ3n) is 9.19. The lowest BCUT2D eigenvalue weighted by Crippen LogP contribution is -2.59. The minimum Gasteiger partial charge on any atom is -0.494 e. The summed E-state index contributed by atoms with van der Waals surface area (Å²) < 4.78 is 4.83. The highest BCUT2D eigenvalue weighted by atomic mass is 32.2. The molecule has 1 aromatic rings. The lowest BCUT2D eigenvalue weighted by atomic mass is 9.65. The first kappa shape index (κ1) is 27.3. The van der Waals surface area contributed by atoms with Crippen molar-refractivity contribution in [2.45, 2.75) is 93.8 Å². The third-order valence-corrected chi connectivity index (χ3v) is 11.3. The van der Waals surface area contributed by atoms with E-state index in [1.807, 2.05) is 38.1 Å². The van der Waals surface area contributed by atoms with Crippen molar-refractivity contribution < 1.29 is 24.2 Å². The summed E-state index contributed by atoms with van der Waals surface area (Å²) in [5.41, 5.74) is 0.656. The molecular weight excluding hydrogens is 502 g/mol. The van der Waals surface area contributed by atoms with Crippen molar-refractivity contribution in [1.29, 1.82) is 0 Å². The highest BCUT2D eigenvalue weighted by Crippen LogP contribution is 2.68. The van der Waals surface area contributed by atoms with Gasteiger partial charge in [-0.15, -0.1) is 11.8 Å². The van der Waals surface area contributed by atoms with E-state index >= 15 is 0 Å². The van der Waals surface area contributed by atoms with Gasteiger partial charge in [0.25, 0.3) is 0 Å². The molecule has 1 saturated carbocycles. The van der Waals surface area contributed by atoms with Gasteiger partial charge >= 0.3 is 0 Å². The lowest BCUT2D eigenvalue weighted by Gasteiger charge is -2.40. The molecule has 1 aliphatic carbocycles. The van der Waals surface area contributed by atoms with Gasteiger partial charge in [0, 0.05) is 17.0 Å². The van der Waals surface area contributed by atoms with Crippen molar-refractivity contribution in [3.63, 3.8) is 0 Å². The van der Waals surface area contributed by atoms with Crippen molar-refractivity contribution in [2.24, 2.45) is 17.8 Å². The van der Waals surface area contributed by atoms with Crippen LogP contribution in [-0.4, -0.2) is 69.1 Å². The molecule has 1 spiro atoms. The van der Waals surface area contributed by atoms with Crippen LogP contribution in [0.5, 0.6) is 5.75 Å². The average Bonchev–Trinajstić information content (AvgIpc) is 3.51. The van der Waals surface area contributed by atoms with Gasteiger partial charge in [-0.25, -0.2) is 0 Å². The third kappa shape index (κ3) is 4.49. The first-order valence-corrected chi connectivity index (χ1v) is 15.2. The number of thioether (sulfide) groups is 1. The number of amides is 3. The fraction of sp³-hybridized carbons (Fsp3) is 0.690. The van der Waals surface area contributed by atoms with Gasteiger partial charge in [-0.05, 0) is 62.8 Å². The van der Waals surface area contributed by atoms with Crippen LogP contribution in [0.15, 0.2) is 24.3 Å². The second-order valence-electron chi connectivity index (χ2n) is 11.3. The van der Waals surface area contributed by atoms with Gasteiger partial charge in [0.15, 0.2) is 0 Å². The van der Waals surface area contributed by atoms with Crippen LogP contribution in [0.1, 0.15) is 65.7 Å². The number of anilines is 1. The summed E-state index contributed by atoms with van der Waals surface area (Å²) in [7, 11) is 0. The molecule has 2 bridgehead atoms. The second kappa shape index (κ2) is 11.1. The summed E-state index contributed by atoms with van der Waals surface area (Å²) in [6, 6.07) is 6.24. The number of hydrogen-bond acceptors (Lipinski definition) is 6. The molecule has 3 aliphatic heterocycles. The molecule has 38 heavy (non-hydrogen) atoms. The Morgan fingerprint density at radius 1 is 1.16 bits per heavy atom. The molecule has 3 amide bonds. The summed E-state index contributed by atoms with van der Waals surface area (Å²) in [6.07, 6.45) is 6.63. The van der Waals surface area contributed by atoms with Gasteiger partial charge in [-0.2, -0.15) is 0 Å². The Labute approximate surface area is 229 Å². The first-order valence-electron chi connectivity index (χ1n) is 14.3. The Morgan fingerprint density at radius 2 is 1.87 bits per heavy atom. The molecule has 0 radical (unpaired) electrons. The maximum Gasteiger partial charge on any atom is 0.244 e. The van der Waals surface area contributed by atoms with Crippen LogP contribution < -0.4 is 15.4 Å². The number of carbonyl (C=O) groups excluding carboxylic acids is 3. The van der Waals surface area contributed by atoms with Crippen LogP contribution in [0.4, 0.5) is 5.69 Å². The van der Waals surface area contributed by atoms with E-state index in [-0.39, 0.29) is 41.5 Å². The van der Waals surface area contributed by atoms with E-state index in [0.29, 0.717) is 18.7 Å². The molecular formula is C29H41N3O5S. The Kier molecular flexibility index (Phi) is 7.96. The van der Waals surface area contributed by atoms with E-state index in [1.165, 1.54) is 6.42 Å². The lowest BCUT2D eigenvalue weighted by molar-refractivity contribution is -0.142. The summed E-state index contributed by atoms with van der Waals surface area (Å²) in [4.78, 5) is 43.6. The topological polar surface area (TPSA) is 108 Å². The van der Waals surface area contributed by atoms with Crippen molar-refractivity contribution in [1.82, 2.24) is 10.2 Å². The molecule has 3 unspecified atom stereocenters. The van der Waals surface area contributed by atoms with E-state index in [2.05, 4.69) is 17.6 Å². The SMILES string of the molecule is CCOc1ccc(NC(=O)[C@@H]2[C@@H]3CC(C)C4(S3)C(C(=O)NC3CCCCC3)N([C@@H](CC)CO)C(=O)[C@H]24)cc1. The molecule has 0 aromatic heterocycles. The maximum atomic E-state index is 14.2. The molecule has 3 N–H and O–H groups in total. The number of nitrogens with one attached hydrogen (secondary N) is 2.